The molecule has 0 saturated carbocycles. The second-order valence-corrected chi connectivity index (χ2v) is 4.10. The van der Waals surface area contributed by atoms with Gasteiger partial charge in [-0.2, -0.15) is 0 Å². The Morgan fingerprint density at radius 3 is 2.58 bits per heavy atom. The summed E-state index contributed by atoms with van der Waals surface area (Å²) in [5.41, 5.74) is 3.46. The van der Waals surface area contributed by atoms with Crippen molar-refractivity contribution < 1.29 is 19.0 Å². The Bertz CT molecular complexity index is 421. The van der Waals surface area contributed by atoms with E-state index in [-0.39, 0.29) is 12.5 Å². The highest BCUT2D eigenvalue weighted by Gasteiger charge is 2.07. The van der Waals surface area contributed by atoms with E-state index in [1.165, 1.54) is 0 Å². The van der Waals surface area contributed by atoms with E-state index in [1.54, 1.807) is 39.4 Å². The van der Waals surface area contributed by atoms with Crippen molar-refractivity contribution in [1.82, 2.24) is 10.4 Å². The van der Waals surface area contributed by atoms with E-state index in [4.69, 9.17) is 14.2 Å². The van der Waals surface area contributed by atoms with Crippen LogP contribution in [0.2, 0.25) is 0 Å². The van der Waals surface area contributed by atoms with Gasteiger partial charge in [-0.1, -0.05) is 0 Å². The van der Waals surface area contributed by atoms with Crippen LogP contribution in [-0.4, -0.2) is 45.8 Å². The Labute approximate surface area is 113 Å². The summed E-state index contributed by atoms with van der Waals surface area (Å²) in [5.74, 6) is 1.19. The maximum Gasteiger partial charge on any atom is 0.260 e. The molecule has 1 N–H and O–H groups in total. The van der Waals surface area contributed by atoms with E-state index < -0.39 is 0 Å². The van der Waals surface area contributed by atoms with Crippen LogP contribution >= 0.6 is 0 Å². The standard InChI is InChI=1S/C13H20N2O4/c1-15(2)14-13(16)9-19-8-10-5-6-11(17-3)7-12(10)18-4/h5-7H,8-9H2,1-4H3,(H,14,16). The van der Waals surface area contributed by atoms with Crippen molar-refractivity contribution in [1.29, 1.82) is 0 Å². The fourth-order valence-corrected chi connectivity index (χ4v) is 1.51. The van der Waals surface area contributed by atoms with Gasteiger partial charge in [-0.05, 0) is 12.1 Å². The lowest BCUT2D eigenvalue weighted by molar-refractivity contribution is -0.129. The molecule has 0 atom stereocenters. The molecule has 0 aliphatic carbocycles. The molecule has 0 heterocycles. The fourth-order valence-electron chi connectivity index (χ4n) is 1.51. The van der Waals surface area contributed by atoms with Gasteiger partial charge in [0.15, 0.2) is 0 Å². The zero-order valence-corrected chi connectivity index (χ0v) is 11.7. The van der Waals surface area contributed by atoms with Crippen LogP contribution in [0.25, 0.3) is 0 Å². The summed E-state index contributed by atoms with van der Waals surface area (Å²) in [6.45, 7) is 0.293. The predicted octanol–water partition coefficient (Wildman–Crippen LogP) is 0.813. The van der Waals surface area contributed by atoms with E-state index in [1.807, 2.05) is 12.1 Å². The third-order valence-corrected chi connectivity index (χ3v) is 2.33. The van der Waals surface area contributed by atoms with E-state index in [9.17, 15) is 4.79 Å². The quantitative estimate of drug-likeness (QED) is 0.742. The lowest BCUT2D eigenvalue weighted by atomic mass is 10.2. The van der Waals surface area contributed by atoms with Crippen molar-refractivity contribution >= 4 is 5.91 Å². The summed E-state index contributed by atoms with van der Waals surface area (Å²) in [6.07, 6.45) is 0. The molecule has 0 aliphatic heterocycles. The van der Waals surface area contributed by atoms with Crippen molar-refractivity contribution in [3.05, 3.63) is 23.8 Å². The highest BCUT2D eigenvalue weighted by Crippen LogP contribution is 2.24. The molecule has 106 valence electrons. The summed E-state index contributed by atoms with van der Waals surface area (Å²) >= 11 is 0. The number of rotatable bonds is 7. The molecule has 0 radical (unpaired) electrons. The van der Waals surface area contributed by atoms with E-state index in [2.05, 4.69) is 5.43 Å². The highest BCUT2D eigenvalue weighted by molar-refractivity contribution is 5.76. The maximum atomic E-state index is 11.4. The van der Waals surface area contributed by atoms with Crippen LogP contribution in [0.1, 0.15) is 5.56 Å². The summed E-state index contributed by atoms with van der Waals surface area (Å²) < 4.78 is 15.7. The highest BCUT2D eigenvalue weighted by atomic mass is 16.5. The molecule has 0 bridgehead atoms. The Hall–Kier alpha value is -1.79. The summed E-state index contributed by atoms with van der Waals surface area (Å²) in [4.78, 5) is 11.4. The van der Waals surface area contributed by atoms with Gasteiger partial charge < -0.3 is 14.2 Å². The van der Waals surface area contributed by atoms with Gasteiger partial charge in [0.05, 0.1) is 20.8 Å². The summed E-state index contributed by atoms with van der Waals surface area (Å²) in [5, 5.41) is 1.57. The van der Waals surface area contributed by atoms with Crippen LogP contribution in [0.5, 0.6) is 11.5 Å². The number of amides is 1. The van der Waals surface area contributed by atoms with Crippen molar-refractivity contribution in [2.24, 2.45) is 0 Å². The van der Waals surface area contributed by atoms with Crippen LogP contribution in [0, 0.1) is 0 Å². The topological polar surface area (TPSA) is 60.0 Å². The first kappa shape index (κ1) is 15.3. The average molecular weight is 268 g/mol. The second-order valence-electron chi connectivity index (χ2n) is 4.10. The van der Waals surface area contributed by atoms with Gasteiger partial charge in [0, 0.05) is 25.7 Å². The number of hydrazine groups is 1. The van der Waals surface area contributed by atoms with Gasteiger partial charge in [-0.15, -0.1) is 0 Å². The third-order valence-electron chi connectivity index (χ3n) is 2.33. The molecule has 0 saturated heterocycles. The van der Waals surface area contributed by atoms with Crippen LogP contribution < -0.4 is 14.9 Å². The number of methoxy groups -OCH3 is 2. The summed E-state index contributed by atoms with van der Waals surface area (Å²) in [7, 11) is 6.66. The summed E-state index contributed by atoms with van der Waals surface area (Å²) in [6, 6.07) is 5.45. The zero-order chi connectivity index (χ0) is 14.3. The number of nitrogens with one attached hydrogen (secondary N) is 1. The molecule has 19 heavy (non-hydrogen) atoms. The van der Waals surface area contributed by atoms with Gasteiger partial charge >= 0.3 is 0 Å². The molecule has 0 spiro atoms. The largest absolute Gasteiger partial charge is 0.497 e. The Morgan fingerprint density at radius 1 is 1.26 bits per heavy atom. The number of ether oxygens (including phenoxy) is 3. The number of hydrogen-bond acceptors (Lipinski definition) is 5. The molecular weight excluding hydrogens is 248 g/mol. The maximum absolute atomic E-state index is 11.4. The predicted molar refractivity (Wildman–Crippen MR) is 71.0 cm³/mol. The van der Waals surface area contributed by atoms with E-state index >= 15 is 0 Å². The van der Waals surface area contributed by atoms with Gasteiger partial charge in [-0.3, -0.25) is 10.2 Å². The van der Waals surface area contributed by atoms with Crippen molar-refractivity contribution in [2.45, 2.75) is 6.61 Å². The Kier molecular flexibility index (Phi) is 6.11. The van der Waals surface area contributed by atoms with Crippen LogP contribution in [0.4, 0.5) is 0 Å². The zero-order valence-electron chi connectivity index (χ0n) is 11.7. The molecule has 0 unspecified atom stereocenters. The number of nitrogens with zero attached hydrogens (tertiary/aromatic N) is 1. The van der Waals surface area contributed by atoms with Crippen molar-refractivity contribution in [3.8, 4) is 11.5 Å². The van der Waals surface area contributed by atoms with Gasteiger partial charge in [0.2, 0.25) is 0 Å². The Balaban J connectivity index is 2.51. The lowest BCUT2D eigenvalue weighted by Gasteiger charge is -2.13. The number of benzene rings is 1. The second kappa shape index (κ2) is 7.60. The van der Waals surface area contributed by atoms with E-state index in [0.717, 1.165) is 5.56 Å². The molecule has 1 rings (SSSR count). The van der Waals surface area contributed by atoms with E-state index in [0.29, 0.717) is 18.1 Å². The van der Waals surface area contributed by atoms with Crippen LogP contribution in [-0.2, 0) is 16.1 Å². The molecule has 1 amide bonds. The first-order valence-electron chi connectivity index (χ1n) is 5.82. The minimum absolute atomic E-state index is 0.00658. The van der Waals surface area contributed by atoms with Gasteiger partial charge in [0.25, 0.3) is 5.91 Å². The average Bonchev–Trinajstić information content (AvgIpc) is 2.38. The molecular formula is C13H20N2O4. The number of carbonyl (C=O) groups is 1. The molecule has 6 nitrogen and oxygen atoms in total. The SMILES string of the molecule is COc1ccc(COCC(=O)NN(C)C)c(OC)c1. The first-order valence-corrected chi connectivity index (χ1v) is 5.82. The number of carbonyl (C=O) groups excluding carboxylic acids is 1. The first-order chi connectivity index (χ1) is 9.06. The minimum Gasteiger partial charge on any atom is -0.497 e. The molecule has 0 aliphatic rings. The van der Waals surface area contributed by atoms with Crippen molar-refractivity contribution in [3.63, 3.8) is 0 Å². The molecule has 0 fully saturated rings. The minimum atomic E-state index is -0.197. The number of hydrogen-bond donors (Lipinski definition) is 1. The van der Waals surface area contributed by atoms with Gasteiger partial charge in [-0.25, -0.2) is 5.01 Å². The van der Waals surface area contributed by atoms with Crippen LogP contribution in [0.3, 0.4) is 0 Å². The lowest BCUT2D eigenvalue weighted by Crippen LogP contribution is -2.38. The van der Waals surface area contributed by atoms with Gasteiger partial charge in [0.1, 0.15) is 18.1 Å². The molecule has 1 aromatic carbocycles. The smallest absolute Gasteiger partial charge is 0.260 e. The molecule has 0 aromatic heterocycles. The van der Waals surface area contributed by atoms with Crippen LogP contribution in [0.15, 0.2) is 18.2 Å². The normalized spacial score (nSPS) is 10.4. The molecule has 6 heteroatoms. The van der Waals surface area contributed by atoms with Crippen molar-refractivity contribution in [2.75, 3.05) is 34.9 Å². The molecule has 1 aromatic rings. The monoisotopic (exact) mass is 268 g/mol. The fraction of sp³-hybridized carbons (Fsp3) is 0.462. The third kappa shape index (κ3) is 5.15. The Morgan fingerprint density at radius 2 is 2.00 bits per heavy atom.